The monoisotopic (exact) mass is 468 g/mol. The standard InChI is InChI=1S/C23H30F2N2O4S/c1-4-7-8-16(5-2)15-31-22(28)11-12-32-21-14-19(23(29)30-6-3)26-27(21)20-13-17(24)9-10-18(20)25/h9-10,13-14,16H,4-8,11-12,15H2,1-3H3. The van der Waals surface area contributed by atoms with E-state index >= 15 is 0 Å². The molecule has 0 aliphatic carbocycles. The minimum Gasteiger partial charge on any atom is -0.465 e. The molecular weight excluding hydrogens is 438 g/mol. The molecule has 9 heteroatoms. The zero-order chi connectivity index (χ0) is 23.5. The first-order valence-corrected chi connectivity index (χ1v) is 11.9. The summed E-state index contributed by atoms with van der Waals surface area (Å²) in [5.41, 5.74) is -0.158. The Morgan fingerprint density at radius 2 is 1.94 bits per heavy atom. The summed E-state index contributed by atoms with van der Waals surface area (Å²) in [6, 6.07) is 4.43. The molecule has 0 saturated carbocycles. The highest BCUT2D eigenvalue weighted by molar-refractivity contribution is 7.99. The number of ether oxygens (including phenoxy) is 2. The molecule has 6 nitrogen and oxygen atoms in total. The van der Waals surface area contributed by atoms with Gasteiger partial charge in [0.1, 0.15) is 22.3 Å². The molecule has 0 fully saturated rings. The van der Waals surface area contributed by atoms with Crippen molar-refractivity contribution in [1.29, 1.82) is 0 Å². The fourth-order valence-electron chi connectivity index (χ4n) is 3.01. The van der Waals surface area contributed by atoms with Gasteiger partial charge in [-0.05, 0) is 31.4 Å². The lowest BCUT2D eigenvalue weighted by molar-refractivity contribution is -0.144. The van der Waals surface area contributed by atoms with E-state index in [4.69, 9.17) is 9.47 Å². The van der Waals surface area contributed by atoms with Crippen molar-refractivity contribution >= 4 is 23.7 Å². The Labute approximate surface area is 191 Å². The molecule has 0 saturated heterocycles. The summed E-state index contributed by atoms with van der Waals surface area (Å²) < 4.78 is 39.5. The Morgan fingerprint density at radius 3 is 2.62 bits per heavy atom. The third-order valence-corrected chi connectivity index (χ3v) is 5.87. The molecular formula is C23H30F2N2O4S. The van der Waals surface area contributed by atoms with Gasteiger partial charge >= 0.3 is 11.9 Å². The first kappa shape index (κ1) is 25.8. The summed E-state index contributed by atoms with van der Waals surface area (Å²) in [5, 5.41) is 4.48. The fourth-order valence-corrected chi connectivity index (χ4v) is 3.95. The number of aromatic nitrogens is 2. The zero-order valence-electron chi connectivity index (χ0n) is 18.7. The Hall–Kier alpha value is -2.42. The van der Waals surface area contributed by atoms with Crippen LogP contribution in [0.2, 0.25) is 0 Å². The van der Waals surface area contributed by atoms with E-state index < -0.39 is 17.6 Å². The summed E-state index contributed by atoms with van der Waals surface area (Å²) in [7, 11) is 0. The zero-order valence-corrected chi connectivity index (χ0v) is 19.6. The van der Waals surface area contributed by atoms with E-state index in [1.807, 2.05) is 0 Å². The molecule has 0 aliphatic rings. The van der Waals surface area contributed by atoms with E-state index in [1.165, 1.54) is 17.8 Å². The third-order valence-electron chi connectivity index (χ3n) is 4.88. The number of hydrogen-bond donors (Lipinski definition) is 0. The van der Waals surface area contributed by atoms with Crippen LogP contribution in [0.4, 0.5) is 8.78 Å². The van der Waals surface area contributed by atoms with Crippen molar-refractivity contribution in [2.45, 2.75) is 57.9 Å². The number of carbonyl (C=O) groups is 2. The molecule has 176 valence electrons. The first-order valence-electron chi connectivity index (χ1n) is 10.9. The Morgan fingerprint density at radius 1 is 1.16 bits per heavy atom. The molecule has 1 heterocycles. The molecule has 0 N–H and O–H groups in total. The van der Waals surface area contributed by atoms with Gasteiger partial charge in [-0.1, -0.05) is 33.1 Å². The van der Waals surface area contributed by atoms with Crippen LogP contribution in [0.5, 0.6) is 0 Å². The molecule has 0 spiro atoms. The molecule has 1 aromatic heterocycles. The summed E-state index contributed by atoms with van der Waals surface area (Å²) in [6.07, 6.45) is 4.34. The minimum absolute atomic E-state index is 0.0256. The van der Waals surface area contributed by atoms with Crippen LogP contribution < -0.4 is 0 Å². The molecule has 1 aromatic carbocycles. The second-order valence-electron chi connectivity index (χ2n) is 7.29. The van der Waals surface area contributed by atoms with Crippen LogP contribution in [0.25, 0.3) is 5.69 Å². The fraction of sp³-hybridized carbons (Fsp3) is 0.522. The molecule has 0 amide bonds. The number of nitrogens with zero attached hydrogens (tertiary/aromatic N) is 2. The van der Waals surface area contributed by atoms with Crippen molar-refractivity contribution in [1.82, 2.24) is 9.78 Å². The molecule has 2 rings (SSSR count). The maximum absolute atomic E-state index is 14.3. The van der Waals surface area contributed by atoms with Crippen molar-refractivity contribution in [3.05, 3.63) is 41.6 Å². The van der Waals surface area contributed by atoms with E-state index in [-0.39, 0.29) is 30.4 Å². The molecule has 32 heavy (non-hydrogen) atoms. The quantitative estimate of drug-likeness (QED) is 0.283. The average molecular weight is 469 g/mol. The molecule has 1 atom stereocenters. The van der Waals surface area contributed by atoms with E-state index in [0.717, 1.165) is 48.6 Å². The Balaban J connectivity index is 2.06. The number of rotatable bonds is 13. The summed E-state index contributed by atoms with van der Waals surface area (Å²) >= 11 is 1.20. The van der Waals surface area contributed by atoms with Crippen molar-refractivity contribution in [2.24, 2.45) is 5.92 Å². The maximum Gasteiger partial charge on any atom is 0.358 e. The first-order chi connectivity index (χ1) is 15.4. The van der Waals surface area contributed by atoms with Crippen molar-refractivity contribution in [3.8, 4) is 5.69 Å². The van der Waals surface area contributed by atoms with Gasteiger partial charge in [0.15, 0.2) is 5.69 Å². The van der Waals surface area contributed by atoms with Gasteiger partial charge in [0, 0.05) is 17.9 Å². The van der Waals surface area contributed by atoms with Gasteiger partial charge in [0.2, 0.25) is 0 Å². The van der Waals surface area contributed by atoms with Gasteiger partial charge in [-0.2, -0.15) is 5.10 Å². The molecule has 1 unspecified atom stereocenters. The topological polar surface area (TPSA) is 70.4 Å². The van der Waals surface area contributed by atoms with Crippen LogP contribution in [0.1, 0.15) is 63.4 Å². The number of thioether (sulfide) groups is 1. The number of unbranched alkanes of at least 4 members (excludes halogenated alkanes) is 1. The van der Waals surface area contributed by atoms with Crippen LogP contribution in [0.3, 0.4) is 0 Å². The van der Waals surface area contributed by atoms with Gasteiger partial charge < -0.3 is 9.47 Å². The van der Waals surface area contributed by atoms with Crippen LogP contribution in [-0.2, 0) is 14.3 Å². The Kier molecular flexibility index (Phi) is 10.7. The lowest BCUT2D eigenvalue weighted by Gasteiger charge is -2.14. The smallest absolute Gasteiger partial charge is 0.358 e. The van der Waals surface area contributed by atoms with E-state index in [2.05, 4.69) is 18.9 Å². The largest absolute Gasteiger partial charge is 0.465 e. The van der Waals surface area contributed by atoms with Crippen LogP contribution in [0.15, 0.2) is 29.3 Å². The lowest BCUT2D eigenvalue weighted by atomic mass is 10.0. The third kappa shape index (κ3) is 7.62. The minimum atomic E-state index is -0.691. The number of esters is 2. The van der Waals surface area contributed by atoms with E-state index in [9.17, 15) is 18.4 Å². The van der Waals surface area contributed by atoms with Crippen LogP contribution >= 0.6 is 11.8 Å². The number of hydrogen-bond acceptors (Lipinski definition) is 6. The van der Waals surface area contributed by atoms with Crippen molar-refractivity contribution in [2.75, 3.05) is 19.0 Å². The van der Waals surface area contributed by atoms with Crippen molar-refractivity contribution < 1.29 is 27.8 Å². The predicted molar refractivity (Wildman–Crippen MR) is 119 cm³/mol. The molecule has 0 radical (unpaired) electrons. The van der Waals surface area contributed by atoms with Gasteiger partial charge in [0.05, 0.1) is 19.6 Å². The SMILES string of the molecule is CCCCC(CC)COC(=O)CCSc1cc(C(=O)OCC)nn1-c1cc(F)ccc1F. The maximum atomic E-state index is 14.3. The number of carbonyl (C=O) groups excluding carboxylic acids is 2. The molecule has 0 bridgehead atoms. The molecule has 0 aliphatic heterocycles. The summed E-state index contributed by atoms with van der Waals surface area (Å²) in [4.78, 5) is 24.2. The van der Waals surface area contributed by atoms with E-state index in [0.29, 0.717) is 23.3 Å². The highest BCUT2D eigenvalue weighted by Crippen LogP contribution is 2.26. The molecule has 2 aromatic rings. The lowest BCUT2D eigenvalue weighted by Crippen LogP contribution is -2.14. The second-order valence-corrected chi connectivity index (χ2v) is 8.41. The van der Waals surface area contributed by atoms with Gasteiger partial charge in [-0.3, -0.25) is 4.79 Å². The summed E-state index contributed by atoms with van der Waals surface area (Å²) in [6.45, 7) is 6.43. The summed E-state index contributed by atoms with van der Waals surface area (Å²) in [5.74, 6) is -1.62. The number of benzene rings is 1. The van der Waals surface area contributed by atoms with E-state index in [1.54, 1.807) is 6.92 Å². The van der Waals surface area contributed by atoms with Crippen molar-refractivity contribution in [3.63, 3.8) is 0 Å². The van der Waals surface area contributed by atoms with Gasteiger partial charge in [-0.15, -0.1) is 11.8 Å². The second kappa shape index (κ2) is 13.2. The van der Waals surface area contributed by atoms with Gasteiger partial charge in [-0.25, -0.2) is 18.3 Å². The van der Waals surface area contributed by atoms with Crippen LogP contribution in [0, 0.1) is 17.6 Å². The Bertz CT molecular complexity index is 904. The highest BCUT2D eigenvalue weighted by Gasteiger charge is 2.20. The highest BCUT2D eigenvalue weighted by atomic mass is 32.2. The van der Waals surface area contributed by atoms with Crippen LogP contribution in [-0.4, -0.2) is 40.7 Å². The van der Waals surface area contributed by atoms with Gasteiger partial charge in [0.25, 0.3) is 0 Å². The normalized spacial score (nSPS) is 11.9. The number of halogens is 2. The average Bonchev–Trinajstić information content (AvgIpc) is 3.20. The predicted octanol–water partition coefficient (Wildman–Crippen LogP) is 5.57.